The fourth-order valence-corrected chi connectivity index (χ4v) is 1.78. The average Bonchev–Trinajstić information content (AvgIpc) is 2.29. The van der Waals surface area contributed by atoms with Crippen molar-refractivity contribution in [1.29, 1.82) is 0 Å². The topological polar surface area (TPSA) is 63.1 Å². The van der Waals surface area contributed by atoms with Gasteiger partial charge >= 0.3 is 5.63 Å². The zero-order valence-electron chi connectivity index (χ0n) is 8.19. The summed E-state index contributed by atoms with van der Waals surface area (Å²) in [6, 6.07) is 9.93. The van der Waals surface area contributed by atoms with Gasteiger partial charge in [0.1, 0.15) is 0 Å². The number of para-hydroxylation sites is 1. The first-order chi connectivity index (χ1) is 7.75. The first kappa shape index (κ1) is 8.91. The Balaban J connectivity index is 2.72. The fourth-order valence-electron chi connectivity index (χ4n) is 1.78. The maximum Gasteiger partial charge on any atom is 0.336 e. The van der Waals surface area contributed by atoms with Crippen molar-refractivity contribution in [3.8, 4) is 0 Å². The Morgan fingerprint density at radius 2 is 1.75 bits per heavy atom. The van der Waals surface area contributed by atoms with Gasteiger partial charge in [-0.2, -0.15) is 0 Å². The molecule has 0 unspecified atom stereocenters. The second-order valence-electron chi connectivity index (χ2n) is 3.50. The molecule has 1 N–H and O–H groups in total. The SMILES string of the molecule is O=c1ccc2c(=O)[nH]c3ccccc3c2o1. The largest absolute Gasteiger partial charge is 0.422 e. The predicted molar refractivity (Wildman–Crippen MR) is 60.6 cm³/mol. The third-order valence-electron chi connectivity index (χ3n) is 2.50. The number of nitrogens with one attached hydrogen (secondary N) is 1. The van der Waals surface area contributed by atoms with E-state index in [1.165, 1.54) is 12.1 Å². The molecule has 4 heteroatoms. The van der Waals surface area contributed by atoms with Crippen LogP contribution in [0.3, 0.4) is 0 Å². The summed E-state index contributed by atoms with van der Waals surface area (Å²) in [5.41, 5.74) is 0.293. The van der Waals surface area contributed by atoms with Gasteiger partial charge in [0.2, 0.25) is 0 Å². The molecule has 2 aromatic heterocycles. The third-order valence-corrected chi connectivity index (χ3v) is 2.50. The molecule has 3 aromatic rings. The van der Waals surface area contributed by atoms with Crippen molar-refractivity contribution >= 4 is 21.9 Å². The van der Waals surface area contributed by atoms with Crippen molar-refractivity contribution < 1.29 is 4.42 Å². The van der Waals surface area contributed by atoms with Crippen LogP contribution in [0.15, 0.2) is 50.4 Å². The van der Waals surface area contributed by atoms with E-state index in [1.54, 1.807) is 12.1 Å². The molecule has 0 bridgehead atoms. The normalized spacial score (nSPS) is 11.0. The highest BCUT2D eigenvalue weighted by atomic mass is 16.4. The van der Waals surface area contributed by atoms with Gasteiger partial charge in [-0.25, -0.2) is 4.79 Å². The van der Waals surface area contributed by atoms with E-state index in [0.717, 1.165) is 5.39 Å². The van der Waals surface area contributed by atoms with Crippen LogP contribution in [0.4, 0.5) is 0 Å². The Labute approximate surface area is 89.1 Å². The van der Waals surface area contributed by atoms with Gasteiger partial charge in [0.05, 0.1) is 10.9 Å². The monoisotopic (exact) mass is 213 g/mol. The first-order valence-electron chi connectivity index (χ1n) is 4.80. The Morgan fingerprint density at radius 3 is 2.62 bits per heavy atom. The maximum atomic E-state index is 11.7. The van der Waals surface area contributed by atoms with Crippen molar-refractivity contribution in [3.63, 3.8) is 0 Å². The van der Waals surface area contributed by atoms with Crippen LogP contribution in [-0.2, 0) is 0 Å². The number of benzene rings is 1. The van der Waals surface area contributed by atoms with Crippen molar-refractivity contribution in [2.75, 3.05) is 0 Å². The van der Waals surface area contributed by atoms with Crippen LogP contribution in [-0.4, -0.2) is 4.98 Å². The van der Waals surface area contributed by atoms with Crippen LogP contribution < -0.4 is 11.2 Å². The second-order valence-corrected chi connectivity index (χ2v) is 3.50. The number of pyridine rings is 1. The molecule has 0 amide bonds. The molecule has 2 heterocycles. The smallest absolute Gasteiger partial charge is 0.336 e. The summed E-state index contributed by atoms with van der Waals surface area (Å²) in [5.74, 6) is 0. The van der Waals surface area contributed by atoms with Gasteiger partial charge in [-0.15, -0.1) is 0 Å². The summed E-state index contributed by atoms with van der Waals surface area (Å²) in [5, 5.41) is 1.12. The van der Waals surface area contributed by atoms with Crippen LogP contribution in [0, 0.1) is 0 Å². The minimum absolute atomic E-state index is 0.252. The number of H-pyrrole nitrogens is 1. The number of aromatic amines is 1. The van der Waals surface area contributed by atoms with E-state index >= 15 is 0 Å². The zero-order chi connectivity index (χ0) is 11.1. The molecule has 0 saturated heterocycles. The number of rotatable bonds is 0. The molecule has 0 spiro atoms. The lowest BCUT2D eigenvalue weighted by molar-refractivity contribution is 0.563. The summed E-state index contributed by atoms with van der Waals surface area (Å²) < 4.78 is 5.08. The van der Waals surface area contributed by atoms with Crippen molar-refractivity contribution in [1.82, 2.24) is 4.98 Å². The van der Waals surface area contributed by atoms with Gasteiger partial charge in [-0.05, 0) is 18.2 Å². The highest BCUT2D eigenvalue weighted by molar-refractivity contribution is 6.01. The summed E-state index contributed by atoms with van der Waals surface area (Å²) in [7, 11) is 0. The lowest BCUT2D eigenvalue weighted by Gasteiger charge is -2.00. The Morgan fingerprint density at radius 1 is 0.938 bits per heavy atom. The van der Waals surface area contributed by atoms with E-state index in [0.29, 0.717) is 16.5 Å². The minimum Gasteiger partial charge on any atom is -0.422 e. The molecule has 0 atom stereocenters. The molecule has 4 nitrogen and oxygen atoms in total. The molecule has 0 fully saturated rings. The lowest BCUT2D eigenvalue weighted by Crippen LogP contribution is -2.08. The molecule has 0 radical (unpaired) electrons. The van der Waals surface area contributed by atoms with E-state index in [9.17, 15) is 9.59 Å². The van der Waals surface area contributed by atoms with Gasteiger partial charge < -0.3 is 9.40 Å². The van der Waals surface area contributed by atoms with Gasteiger partial charge in [0, 0.05) is 11.5 Å². The quantitative estimate of drug-likeness (QED) is 0.577. The molecule has 0 aliphatic heterocycles. The molecule has 16 heavy (non-hydrogen) atoms. The predicted octanol–water partition coefficient (Wildman–Crippen LogP) is 1.63. The standard InChI is InChI=1S/C12H7NO3/c14-10-6-5-8-11(16-10)7-3-1-2-4-9(7)13-12(8)15/h1-6H,(H,13,15). The molecule has 0 aliphatic rings. The Kier molecular flexibility index (Phi) is 1.71. The first-order valence-corrected chi connectivity index (χ1v) is 4.80. The number of aromatic nitrogens is 1. The third kappa shape index (κ3) is 1.16. The number of hydrogen-bond donors (Lipinski definition) is 1. The Bertz CT molecular complexity index is 798. The summed E-state index contributed by atoms with van der Waals surface area (Å²) >= 11 is 0. The van der Waals surface area contributed by atoms with E-state index in [4.69, 9.17) is 4.42 Å². The van der Waals surface area contributed by atoms with Crippen molar-refractivity contribution in [2.24, 2.45) is 0 Å². The molecule has 78 valence electrons. The molecular weight excluding hydrogens is 206 g/mol. The van der Waals surface area contributed by atoms with Gasteiger partial charge in [-0.3, -0.25) is 4.79 Å². The Hall–Kier alpha value is -2.36. The molecule has 0 saturated carbocycles. The highest BCUT2D eigenvalue weighted by Crippen LogP contribution is 2.18. The minimum atomic E-state index is -0.455. The number of hydrogen-bond acceptors (Lipinski definition) is 3. The van der Waals surface area contributed by atoms with Crippen LogP contribution in [0.5, 0.6) is 0 Å². The maximum absolute atomic E-state index is 11.7. The lowest BCUT2D eigenvalue weighted by atomic mass is 10.1. The van der Waals surface area contributed by atoms with Crippen LogP contribution >= 0.6 is 0 Å². The van der Waals surface area contributed by atoms with Crippen LogP contribution in [0.2, 0.25) is 0 Å². The van der Waals surface area contributed by atoms with Crippen LogP contribution in [0.25, 0.3) is 21.9 Å². The van der Waals surface area contributed by atoms with Gasteiger partial charge in [0.25, 0.3) is 5.56 Å². The van der Waals surface area contributed by atoms with Gasteiger partial charge in [0.15, 0.2) is 5.58 Å². The molecule has 0 aliphatic carbocycles. The van der Waals surface area contributed by atoms with Crippen molar-refractivity contribution in [2.45, 2.75) is 0 Å². The summed E-state index contributed by atoms with van der Waals surface area (Å²) in [4.78, 5) is 25.6. The molecular formula is C12H7NO3. The highest BCUT2D eigenvalue weighted by Gasteiger charge is 2.06. The molecule has 3 rings (SSSR count). The fraction of sp³-hybridized carbons (Fsp3) is 0. The number of fused-ring (bicyclic) bond motifs is 3. The molecule has 1 aromatic carbocycles. The summed E-state index contributed by atoms with van der Waals surface area (Å²) in [6.07, 6.45) is 0. The summed E-state index contributed by atoms with van der Waals surface area (Å²) in [6.45, 7) is 0. The van der Waals surface area contributed by atoms with Crippen molar-refractivity contribution in [3.05, 3.63) is 57.2 Å². The van der Waals surface area contributed by atoms with E-state index in [-0.39, 0.29) is 5.56 Å². The van der Waals surface area contributed by atoms with Gasteiger partial charge in [-0.1, -0.05) is 12.1 Å². The van der Waals surface area contributed by atoms with E-state index in [2.05, 4.69) is 4.98 Å². The van der Waals surface area contributed by atoms with Crippen LogP contribution in [0.1, 0.15) is 0 Å². The van der Waals surface area contributed by atoms with E-state index in [1.807, 2.05) is 12.1 Å². The second kappa shape index (κ2) is 3.06. The average molecular weight is 213 g/mol. The zero-order valence-corrected chi connectivity index (χ0v) is 8.19. The van der Waals surface area contributed by atoms with E-state index < -0.39 is 5.63 Å².